The standard InChI is InChI=1S/C55H70O21/c1-2-23-66-47-40(59)36(24-56)70-52(43(47)62)74-48-41(60)37(25-57)71-53(44(48)63)75-49-42(61)38(26-58)72-54(45(49)64)76-51-50(68-29-34-19-11-5-12-20-34)46(67-28-33-17-9-4-10-18-33)39(31-65-27-32-15-7-3-8-16-32)73-55(51)69-30-35-21-13-6-14-22-35/h2-22,36-64H,1,23-31H2/t36?,37?,38?,39?,40-,41-,42-,43?,44?,45?,46-,47+,48+,49+,50-,51?,52-,53-,54-,55+/m1/s1. The van der Waals surface area contributed by atoms with Crippen molar-refractivity contribution in [3.8, 4) is 0 Å². The van der Waals surface area contributed by atoms with Gasteiger partial charge in [-0.1, -0.05) is 127 Å². The van der Waals surface area contributed by atoms with Gasteiger partial charge in [-0.15, -0.1) is 6.58 Å². The summed E-state index contributed by atoms with van der Waals surface area (Å²) in [5, 5.41) is 100. The van der Waals surface area contributed by atoms with E-state index in [1.54, 1.807) is 0 Å². The summed E-state index contributed by atoms with van der Waals surface area (Å²) in [4.78, 5) is 0. The van der Waals surface area contributed by atoms with Crippen molar-refractivity contribution in [1.29, 1.82) is 0 Å². The van der Waals surface area contributed by atoms with E-state index in [9.17, 15) is 46.0 Å². The fraction of sp³-hybridized carbons (Fsp3) is 0.527. The molecule has 4 aromatic carbocycles. The smallest absolute Gasteiger partial charge is 0.187 e. The monoisotopic (exact) mass is 1070 g/mol. The molecule has 0 saturated carbocycles. The first kappa shape index (κ1) is 57.9. The summed E-state index contributed by atoms with van der Waals surface area (Å²) in [5.74, 6) is 0. The first-order valence-electron chi connectivity index (χ1n) is 25.3. The van der Waals surface area contributed by atoms with E-state index in [0.717, 1.165) is 22.3 Å². The quantitative estimate of drug-likeness (QED) is 0.0405. The van der Waals surface area contributed by atoms with Gasteiger partial charge < -0.3 is 103 Å². The predicted molar refractivity (Wildman–Crippen MR) is 264 cm³/mol. The van der Waals surface area contributed by atoms with Gasteiger partial charge in [0, 0.05) is 0 Å². The van der Waals surface area contributed by atoms with Crippen LogP contribution < -0.4 is 0 Å². The fourth-order valence-electron chi connectivity index (χ4n) is 9.49. The molecule has 8 unspecified atom stereocenters. The normalized spacial score (nSPS) is 35.9. The molecule has 0 aliphatic carbocycles. The zero-order valence-corrected chi connectivity index (χ0v) is 41.7. The van der Waals surface area contributed by atoms with Crippen LogP contribution in [-0.2, 0) is 83.3 Å². The Bertz CT molecular complexity index is 2270. The molecule has 0 spiro atoms. The molecule has 0 radical (unpaired) electrons. The summed E-state index contributed by atoms with van der Waals surface area (Å²) in [6.45, 7) is 1.43. The molecule has 4 aliphatic heterocycles. The van der Waals surface area contributed by atoms with Gasteiger partial charge in [0.05, 0.1) is 59.5 Å². The van der Waals surface area contributed by atoms with Gasteiger partial charge >= 0.3 is 0 Å². The van der Waals surface area contributed by atoms with Crippen LogP contribution in [0, 0.1) is 0 Å². The van der Waals surface area contributed by atoms with Crippen LogP contribution in [0.5, 0.6) is 0 Å². The molecule has 4 aliphatic rings. The van der Waals surface area contributed by atoms with Gasteiger partial charge in [0.15, 0.2) is 25.2 Å². The van der Waals surface area contributed by atoms with Gasteiger partial charge in [-0.05, 0) is 22.3 Å². The average Bonchev–Trinajstić information content (AvgIpc) is 3.46. The summed E-state index contributed by atoms with van der Waals surface area (Å²) in [6.07, 6.45) is -29.9. The molecular weight excluding hydrogens is 997 g/mol. The first-order valence-corrected chi connectivity index (χ1v) is 25.3. The van der Waals surface area contributed by atoms with Gasteiger partial charge in [0.2, 0.25) is 0 Å². The average molecular weight is 1070 g/mol. The van der Waals surface area contributed by atoms with E-state index < -0.39 is 143 Å². The van der Waals surface area contributed by atoms with Crippen LogP contribution in [0.3, 0.4) is 0 Å². The topological polar surface area (TPSA) is 293 Å². The van der Waals surface area contributed by atoms with Gasteiger partial charge in [-0.2, -0.15) is 0 Å². The summed E-state index contributed by atoms with van der Waals surface area (Å²) in [6, 6.07) is 37.7. The third-order valence-corrected chi connectivity index (χ3v) is 13.6. The Labute approximate surface area is 440 Å². The summed E-state index contributed by atoms with van der Waals surface area (Å²) in [7, 11) is 0. The molecular formula is C55H70O21. The zero-order chi connectivity index (χ0) is 53.6. The molecule has 416 valence electrons. The summed E-state index contributed by atoms with van der Waals surface area (Å²) >= 11 is 0. The summed E-state index contributed by atoms with van der Waals surface area (Å²) in [5.41, 5.74) is 3.35. The Kier molecular flexibility index (Phi) is 21.8. The van der Waals surface area contributed by atoms with Crippen LogP contribution in [-0.4, -0.2) is 202 Å². The van der Waals surface area contributed by atoms with Gasteiger partial charge in [0.1, 0.15) is 97.7 Å². The number of hydrogen-bond donors (Lipinski definition) is 9. The van der Waals surface area contributed by atoms with Crippen LogP contribution in [0.25, 0.3) is 0 Å². The second-order valence-corrected chi connectivity index (χ2v) is 18.9. The number of ether oxygens (including phenoxy) is 12. The minimum Gasteiger partial charge on any atom is -0.394 e. The van der Waals surface area contributed by atoms with Gasteiger partial charge in [0.25, 0.3) is 0 Å². The van der Waals surface area contributed by atoms with Gasteiger partial charge in [-0.3, -0.25) is 0 Å². The lowest BCUT2D eigenvalue weighted by molar-refractivity contribution is -0.397. The maximum atomic E-state index is 12.3. The number of hydrogen-bond acceptors (Lipinski definition) is 21. The van der Waals surface area contributed by atoms with E-state index in [2.05, 4.69) is 6.58 Å². The molecule has 8 rings (SSSR count). The van der Waals surface area contributed by atoms with E-state index in [-0.39, 0.29) is 39.6 Å². The Balaban J connectivity index is 1.09. The van der Waals surface area contributed by atoms with Crippen molar-refractivity contribution in [2.45, 2.75) is 149 Å². The molecule has 4 aromatic rings. The van der Waals surface area contributed by atoms with E-state index in [0.29, 0.717) is 0 Å². The molecule has 4 fully saturated rings. The van der Waals surface area contributed by atoms with Crippen molar-refractivity contribution in [3.63, 3.8) is 0 Å². The molecule has 9 N–H and O–H groups in total. The molecule has 4 saturated heterocycles. The molecule has 21 heteroatoms. The number of benzene rings is 4. The molecule has 4 heterocycles. The Morgan fingerprint density at radius 1 is 0.368 bits per heavy atom. The third kappa shape index (κ3) is 14.5. The maximum Gasteiger partial charge on any atom is 0.187 e. The van der Waals surface area contributed by atoms with Crippen molar-refractivity contribution in [2.75, 3.05) is 33.0 Å². The largest absolute Gasteiger partial charge is 0.394 e. The third-order valence-electron chi connectivity index (χ3n) is 13.6. The lowest BCUT2D eigenvalue weighted by Gasteiger charge is -2.50. The maximum absolute atomic E-state index is 12.3. The lowest BCUT2D eigenvalue weighted by atomic mass is 9.95. The SMILES string of the molecule is C=CCO[C@@H]1C(O)[C@@H](O[C@@H]2C(O)[C@@H](O[C@@H]3C(O)[C@@H](OC4[C@@H](OCc5ccccc5)OC(COCc5ccccc5)[C@@H](OCc5ccccc5)[C@H]4OCc4ccccc4)OC(CO)[C@H]3O)OC(CO)[C@H]2O)OC(CO)[C@H]1O. The van der Waals surface area contributed by atoms with E-state index in [1.807, 2.05) is 121 Å². The minimum atomic E-state index is -2.02. The highest BCUT2D eigenvalue weighted by molar-refractivity contribution is 5.17. The number of rotatable bonds is 25. The highest BCUT2D eigenvalue weighted by Gasteiger charge is 2.56. The number of aliphatic hydroxyl groups excluding tert-OH is 9. The van der Waals surface area contributed by atoms with Crippen molar-refractivity contribution < 1.29 is 103 Å². The molecule has 76 heavy (non-hydrogen) atoms. The highest BCUT2D eigenvalue weighted by Crippen LogP contribution is 2.37. The van der Waals surface area contributed by atoms with Crippen molar-refractivity contribution in [3.05, 3.63) is 156 Å². The summed E-state index contributed by atoms with van der Waals surface area (Å²) < 4.78 is 75.1. The molecule has 0 amide bonds. The van der Waals surface area contributed by atoms with E-state index >= 15 is 0 Å². The van der Waals surface area contributed by atoms with Crippen LogP contribution in [0.1, 0.15) is 22.3 Å². The minimum absolute atomic E-state index is 0.00609. The van der Waals surface area contributed by atoms with E-state index in [1.165, 1.54) is 6.08 Å². The van der Waals surface area contributed by atoms with E-state index in [4.69, 9.17) is 56.8 Å². The van der Waals surface area contributed by atoms with Gasteiger partial charge in [-0.25, -0.2) is 0 Å². The fourth-order valence-corrected chi connectivity index (χ4v) is 9.49. The molecule has 21 nitrogen and oxygen atoms in total. The Morgan fingerprint density at radius 3 is 1.14 bits per heavy atom. The van der Waals surface area contributed by atoms with Crippen molar-refractivity contribution in [1.82, 2.24) is 0 Å². The Morgan fingerprint density at radius 2 is 0.724 bits per heavy atom. The van der Waals surface area contributed by atoms with Crippen LogP contribution in [0.4, 0.5) is 0 Å². The second-order valence-electron chi connectivity index (χ2n) is 18.9. The highest BCUT2D eigenvalue weighted by atomic mass is 16.8. The second kappa shape index (κ2) is 28.6. The van der Waals surface area contributed by atoms with Crippen molar-refractivity contribution in [2.24, 2.45) is 0 Å². The molecule has 0 bridgehead atoms. The molecule has 20 atom stereocenters. The Hall–Kier alpha value is -4.22. The number of aliphatic hydroxyl groups is 9. The van der Waals surface area contributed by atoms with Crippen molar-refractivity contribution >= 4 is 0 Å². The molecule has 0 aromatic heterocycles. The van der Waals surface area contributed by atoms with Crippen LogP contribution in [0.2, 0.25) is 0 Å². The zero-order valence-electron chi connectivity index (χ0n) is 41.7. The van der Waals surface area contributed by atoms with Crippen LogP contribution >= 0.6 is 0 Å². The predicted octanol–water partition coefficient (Wildman–Crippen LogP) is 0.360. The first-order chi connectivity index (χ1) is 37.0. The lowest BCUT2D eigenvalue weighted by Crippen LogP contribution is -2.68. The van der Waals surface area contributed by atoms with Crippen LogP contribution in [0.15, 0.2) is 134 Å².